The molecule has 0 spiro atoms. The molecule has 2 rings (SSSR count). The van der Waals surface area contributed by atoms with Gasteiger partial charge in [0.15, 0.2) is 0 Å². The van der Waals surface area contributed by atoms with Crippen LogP contribution < -0.4 is 0 Å². The Bertz CT molecular complexity index is 219. The van der Waals surface area contributed by atoms with Gasteiger partial charge in [-0.25, -0.2) is 0 Å². The van der Waals surface area contributed by atoms with E-state index in [9.17, 15) is 0 Å². The number of ether oxygens (including phenoxy) is 3. The van der Waals surface area contributed by atoms with Gasteiger partial charge in [-0.1, -0.05) is 12.8 Å². The quantitative estimate of drug-likeness (QED) is 0.719. The van der Waals surface area contributed by atoms with Crippen molar-refractivity contribution in [2.75, 3.05) is 20.8 Å². The molecule has 0 aromatic heterocycles. The van der Waals surface area contributed by atoms with Gasteiger partial charge in [0.25, 0.3) is 0 Å². The lowest BCUT2D eigenvalue weighted by molar-refractivity contribution is -0.128. The molecular weight excluding hydrogens is 192 g/mol. The zero-order valence-electron chi connectivity index (χ0n) is 9.99. The second-order valence-electron chi connectivity index (χ2n) is 4.89. The van der Waals surface area contributed by atoms with E-state index in [1.54, 1.807) is 14.2 Å². The second-order valence-corrected chi connectivity index (χ2v) is 4.89. The molecule has 2 aliphatic rings. The molecule has 4 unspecified atom stereocenters. The van der Waals surface area contributed by atoms with Crippen LogP contribution in [0.1, 0.15) is 32.6 Å². The van der Waals surface area contributed by atoms with Crippen molar-refractivity contribution in [2.24, 2.45) is 5.92 Å². The van der Waals surface area contributed by atoms with Crippen LogP contribution in [0.2, 0.25) is 0 Å². The summed E-state index contributed by atoms with van der Waals surface area (Å²) in [4.78, 5) is 0. The molecule has 1 saturated heterocycles. The van der Waals surface area contributed by atoms with Crippen LogP contribution in [0.25, 0.3) is 0 Å². The van der Waals surface area contributed by atoms with Crippen molar-refractivity contribution in [3.8, 4) is 0 Å². The standard InChI is InChI=1S/C12H22O3/c1-9-10-6-4-5-7-12(15-9,8-13-2)11(10)14-3/h9-11H,4-8H2,1-3H3. The van der Waals surface area contributed by atoms with Crippen molar-refractivity contribution in [1.82, 2.24) is 0 Å². The van der Waals surface area contributed by atoms with Crippen molar-refractivity contribution < 1.29 is 14.2 Å². The highest BCUT2D eigenvalue weighted by Crippen LogP contribution is 2.45. The minimum atomic E-state index is -0.177. The number of hydrogen-bond donors (Lipinski definition) is 0. The predicted molar refractivity (Wildman–Crippen MR) is 57.9 cm³/mol. The van der Waals surface area contributed by atoms with Gasteiger partial charge < -0.3 is 14.2 Å². The molecule has 3 heteroatoms. The van der Waals surface area contributed by atoms with Crippen molar-refractivity contribution in [3.63, 3.8) is 0 Å². The van der Waals surface area contributed by atoms with Crippen molar-refractivity contribution in [1.29, 1.82) is 0 Å². The molecule has 1 aliphatic carbocycles. The highest BCUT2D eigenvalue weighted by atomic mass is 16.6. The maximum absolute atomic E-state index is 6.15. The molecule has 88 valence electrons. The molecule has 15 heavy (non-hydrogen) atoms. The summed E-state index contributed by atoms with van der Waals surface area (Å²) in [5.74, 6) is 0.549. The Morgan fingerprint density at radius 3 is 2.80 bits per heavy atom. The third kappa shape index (κ3) is 1.81. The van der Waals surface area contributed by atoms with E-state index in [1.165, 1.54) is 19.3 Å². The summed E-state index contributed by atoms with van der Waals surface area (Å²) in [6, 6.07) is 0. The lowest BCUT2D eigenvalue weighted by atomic mass is 9.87. The van der Waals surface area contributed by atoms with E-state index >= 15 is 0 Å². The summed E-state index contributed by atoms with van der Waals surface area (Å²) in [6.07, 6.45) is 5.35. The Balaban J connectivity index is 2.23. The van der Waals surface area contributed by atoms with Gasteiger partial charge in [0, 0.05) is 20.1 Å². The van der Waals surface area contributed by atoms with Gasteiger partial charge in [0.2, 0.25) is 0 Å². The lowest BCUT2D eigenvalue weighted by Crippen LogP contribution is -2.45. The van der Waals surface area contributed by atoms with Crippen molar-refractivity contribution in [3.05, 3.63) is 0 Å². The van der Waals surface area contributed by atoms with Crippen LogP contribution in [0.15, 0.2) is 0 Å². The molecule has 0 aromatic rings. The van der Waals surface area contributed by atoms with Gasteiger partial charge in [-0.15, -0.1) is 0 Å². The number of hydrogen-bond acceptors (Lipinski definition) is 3. The minimum absolute atomic E-state index is 0.177. The average molecular weight is 214 g/mol. The van der Waals surface area contributed by atoms with E-state index in [0.29, 0.717) is 18.6 Å². The number of rotatable bonds is 3. The van der Waals surface area contributed by atoms with E-state index in [4.69, 9.17) is 14.2 Å². The van der Waals surface area contributed by atoms with E-state index in [1.807, 2.05) is 0 Å². The van der Waals surface area contributed by atoms with Gasteiger partial charge in [0.05, 0.1) is 18.8 Å². The molecule has 1 saturated carbocycles. The topological polar surface area (TPSA) is 27.7 Å². The van der Waals surface area contributed by atoms with Crippen LogP contribution in [0.3, 0.4) is 0 Å². The van der Waals surface area contributed by atoms with Crippen LogP contribution in [-0.4, -0.2) is 38.6 Å². The molecule has 2 bridgehead atoms. The maximum Gasteiger partial charge on any atom is 0.118 e. The Kier molecular flexibility index (Phi) is 3.33. The fourth-order valence-electron chi connectivity index (χ4n) is 3.37. The van der Waals surface area contributed by atoms with Crippen LogP contribution in [0, 0.1) is 5.92 Å². The van der Waals surface area contributed by atoms with Crippen LogP contribution in [0.5, 0.6) is 0 Å². The fraction of sp³-hybridized carbons (Fsp3) is 1.00. The molecule has 1 heterocycles. The number of fused-ring (bicyclic) bond motifs is 2. The van der Waals surface area contributed by atoms with Gasteiger partial charge in [-0.05, 0) is 19.8 Å². The lowest BCUT2D eigenvalue weighted by Gasteiger charge is -2.32. The first-order chi connectivity index (χ1) is 7.23. The normalized spacial score (nSPS) is 45.4. The Labute approximate surface area is 92.1 Å². The van der Waals surface area contributed by atoms with Gasteiger partial charge in [-0.2, -0.15) is 0 Å². The minimum Gasteiger partial charge on any atom is -0.382 e. The Hall–Kier alpha value is -0.120. The molecular formula is C12H22O3. The second kappa shape index (κ2) is 4.40. The summed E-state index contributed by atoms with van der Waals surface area (Å²) in [6.45, 7) is 2.83. The molecule has 4 atom stereocenters. The van der Waals surface area contributed by atoms with Gasteiger partial charge >= 0.3 is 0 Å². The molecule has 0 amide bonds. The monoisotopic (exact) mass is 214 g/mol. The van der Waals surface area contributed by atoms with Crippen LogP contribution in [-0.2, 0) is 14.2 Å². The van der Waals surface area contributed by atoms with E-state index in [-0.39, 0.29) is 11.7 Å². The van der Waals surface area contributed by atoms with E-state index in [2.05, 4.69) is 6.92 Å². The predicted octanol–water partition coefficient (Wildman–Crippen LogP) is 2.00. The first kappa shape index (κ1) is 11.4. The fourth-order valence-corrected chi connectivity index (χ4v) is 3.37. The SMILES string of the molecule is COCC12CCCCC(C(C)O1)C2OC. The average Bonchev–Trinajstić information content (AvgIpc) is 2.35. The van der Waals surface area contributed by atoms with Crippen LogP contribution in [0.4, 0.5) is 0 Å². The van der Waals surface area contributed by atoms with Crippen LogP contribution >= 0.6 is 0 Å². The maximum atomic E-state index is 6.15. The smallest absolute Gasteiger partial charge is 0.118 e. The van der Waals surface area contributed by atoms with Gasteiger partial charge in [0.1, 0.15) is 5.60 Å². The summed E-state index contributed by atoms with van der Waals surface area (Å²) in [5, 5.41) is 0. The zero-order valence-corrected chi connectivity index (χ0v) is 9.99. The highest BCUT2D eigenvalue weighted by molar-refractivity contribution is 5.03. The summed E-state index contributed by atoms with van der Waals surface area (Å²) in [7, 11) is 3.54. The largest absolute Gasteiger partial charge is 0.382 e. The Morgan fingerprint density at radius 2 is 2.13 bits per heavy atom. The third-order valence-corrected chi connectivity index (χ3v) is 3.96. The summed E-state index contributed by atoms with van der Waals surface area (Å²) in [5.41, 5.74) is -0.177. The summed E-state index contributed by atoms with van der Waals surface area (Å²) < 4.78 is 17.2. The summed E-state index contributed by atoms with van der Waals surface area (Å²) >= 11 is 0. The number of methoxy groups -OCH3 is 2. The van der Waals surface area contributed by atoms with E-state index in [0.717, 1.165) is 6.42 Å². The third-order valence-electron chi connectivity index (χ3n) is 3.96. The molecule has 0 aromatic carbocycles. The highest BCUT2D eigenvalue weighted by Gasteiger charge is 2.54. The molecule has 2 fully saturated rings. The zero-order chi connectivity index (χ0) is 10.9. The first-order valence-corrected chi connectivity index (χ1v) is 5.93. The Morgan fingerprint density at radius 1 is 1.33 bits per heavy atom. The first-order valence-electron chi connectivity index (χ1n) is 5.93. The van der Waals surface area contributed by atoms with Crippen molar-refractivity contribution >= 4 is 0 Å². The molecule has 0 N–H and O–H groups in total. The molecule has 0 radical (unpaired) electrons. The van der Waals surface area contributed by atoms with Crippen molar-refractivity contribution in [2.45, 2.75) is 50.4 Å². The van der Waals surface area contributed by atoms with E-state index < -0.39 is 0 Å². The van der Waals surface area contributed by atoms with Gasteiger partial charge in [-0.3, -0.25) is 0 Å². The molecule has 1 aliphatic heterocycles. The molecule has 3 nitrogen and oxygen atoms in total.